The molecule has 78 valence electrons. The average Bonchev–Trinajstić information content (AvgIpc) is 2.01. The average molecular weight is 204 g/mol. The summed E-state index contributed by atoms with van der Waals surface area (Å²) in [6.45, 7) is 2.81. The van der Waals surface area contributed by atoms with Crippen LogP contribution < -0.4 is 0 Å². The second kappa shape index (κ2) is 3.61. The number of hydrogen-bond acceptors (Lipinski definition) is 1. The van der Waals surface area contributed by atoms with Crippen molar-refractivity contribution in [2.24, 2.45) is 0 Å². The molecule has 0 aromatic heterocycles. The van der Waals surface area contributed by atoms with Crippen LogP contribution in [0.3, 0.4) is 0 Å². The molecule has 14 heavy (non-hydrogen) atoms. The van der Waals surface area contributed by atoms with Crippen LogP contribution in [0.5, 0.6) is 0 Å². The smallest absolute Gasteiger partial charge is 0.389 e. The minimum absolute atomic E-state index is 0.0926. The Hall–Kier alpha value is -1.03. The van der Waals surface area contributed by atoms with Crippen LogP contribution in [0.25, 0.3) is 0 Å². The SMILES string of the molecule is Cc1c(C(C)O)cccc1C(F)(F)F. The third-order valence-electron chi connectivity index (χ3n) is 2.13. The van der Waals surface area contributed by atoms with Crippen molar-refractivity contribution in [2.45, 2.75) is 26.1 Å². The molecule has 1 unspecified atom stereocenters. The van der Waals surface area contributed by atoms with Crippen LogP contribution in [0.15, 0.2) is 18.2 Å². The number of hydrogen-bond donors (Lipinski definition) is 1. The van der Waals surface area contributed by atoms with Gasteiger partial charge >= 0.3 is 6.18 Å². The summed E-state index contributed by atoms with van der Waals surface area (Å²) < 4.78 is 37.2. The molecular weight excluding hydrogens is 193 g/mol. The lowest BCUT2D eigenvalue weighted by atomic mass is 9.99. The van der Waals surface area contributed by atoms with E-state index >= 15 is 0 Å². The largest absolute Gasteiger partial charge is 0.416 e. The van der Waals surface area contributed by atoms with Crippen LogP contribution in [0.1, 0.15) is 29.7 Å². The molecule has 4 heteroatoms. The summed E-state index contributed by atoms with van der Waals surface area (Å²) >= 11 is 0. The van der Waals surface area contributed by atoms with E-state index < -0.39 is 17.8 Å². The van der Waals surface area contributed by atoms with Gasteiger partial charge in [0.2, 0.25) is 0 Å². The molecule has 0 aliphatic carbocycles. The third-order valence-corrected chi connectivity index (χ3v) is 2.13. The fourth-order valence-corrected chi connectivity index (χ4v) is 1.41. The fraction of sp³-hybridized carbons (Fsp3) is 0.400. The summed E-state index contributed by atoms with van der Waals surface area (Å²) in [5, 5.41) is 9.23. The van der Waals surface area contributed by atoms with Crippen LogP contribution in [-0.2, 0) is 6.18 Å². The van der Waals surface area contributed by atoms with Gasteiger partial charge in [-0.15, -0.1) is 0 Å². The maximum absolute atomic E-state index is 12.4. The lowest BCUT2D eigenvalue weighted by Crippen LogP contribution is -2.09. The molecule has 0 fully saturated rings. The molecule has 0 heterocycles. The van der Waals surface area contributed by atoms with Crippen LogP contribution in [0, 0.1) is 6.92 Å². The number of benzene rings is 1. The van der Waals surface area contributed by atoms with Crippen molar-refractivity contribution in [3.63, 3.8) is 0 Å². The summed E-state index contributed by atoms with van der Waals surface area (Å²) in [4.78, 5) is 0. The molecule has 1 nitrogen and oxygen atoms in total. The van der Waals surface area contributed by atoms with Crippen molar-refractivity contribution >= 4 is 0 Å². The highest BCUT2D eigenvalue weighted by Crippen LogP contribution is 2.34. The van der Waals surface area contributed by atoms with E-state index in [1.807, 2.05) is 0 Å². The molecule has 0 saturated heterocycles. The van der Waals surface area contributed by atoms with Crippen molar-refractivity contribution in [3.8, 4) is 0 Å². The minimum Gasteiger partial charge on any atom is -0.389 e. The Labute approximate surface area is 80.2 Å². The molecule has 1 aromatic rings. The maximum Gasteiger partial charge on any atom is 0.416 e. The molecule has 0 amide bonds. The van der Waals surface area contributed by atoms with Gasteiger partial charge in [-0.2, -0.15) is 13.2 Å². The molecular formula is C10H11F3O. The van der Waals surface area contributed by atoms with E-state index in [0.29, 0.717) is 5.56 Å². The number of halogens is 3. The van der Waals surface area contributed by atoms with Crippen LogP contribution in [-0.4, -0.2) is 5.11 Å². The van der Waals surface area contributed by atoms with Gasteiger partial charge in [-0.05, 0) is 31.0 Å². The predicted molar refractivity (Wildman–Crippen MR) is 46.8 cm³/mol. The Morgan fingerprint density at radius 2 is 1.86 bits per heavy atom. The first kappa shape index (κ1) is 11.0. The zero-order valence-electron chi connectivity index (χ0n) is 7.89. The van der Waals surface area contributed by atoms with Crippen LogP contribution in [0.4, 0.5) is 13.2 Å². The van der Waals surface area contributed by atoms with Crippen molar-refractivity contribution in [1.29, 1.82) is 0 Å². The van der Waals surface area contributed by atoms with E-state index in [1.54, 1.807) is 0 Å². The Morgan fingerprint density at radius 3 is 2.29 bits per heavy atom. The Kier molecular flexibility index (Phi) is 2.85. The summed E-state index contributed by atoms with van der Waals surface area (Å²) in [6.07, 6.45) is -5.23. The van der Waals surface area contributed by atoms with E-state index in [4.69, 9.17) is 0 Å². The van der Waals surface area contributed by atoms with Crippen molar-refractivity contribution in [3.05, 3.63) is 34.9 Å². The fourth-order valence-electron chi connectivity index (χ4n) is 1.41. The van der Waals surface area contributed by atoms with Gasteiger partial charge < -0.3 is 5.11 Å². The summed E-state index contributed by atoms with van der Waals surface area (Å²) in [7, 11) is 0. The third kappa shape index (κ3) is 2.07. The quantitative estimate of drug-likeness (QED) is 0.745. The van der Waals surface area contributed by atoms with Crippen molar-refractivity contribution in [1.82, 2.24) is 0 Å². The van der Waals surface area contributed by atoms with Gasteiger partial charge in [0.15, 0.2) is 0 Å². The van der Waals surface area contributed by atoms with E-state index in [0.717, 1.165) is 6.07 Å². The lowest BCUT2D eigenvalue weighted by molar-refractivity contribution is -0.138. The molecule has 0 bridgehead atoms. The van der Waals surface area contributed by atoms with Gasteiger partial charge in [0.25, 0.3) is 0 Å². The second-order valence-corrected chi connectivity index (χ2v) is 3.19. The summed E-state index contributed by atoms with van der Waals surface area (Å²) in [6, 6.07) is 3.81. The van der Waals surface area contributed by atoms with Crippen molar-refractivity contribution < 1.29 is 18.3 Å². The standard InChI is InChI=1S/C10H11F3O/c1-6-8(7(2)14)4-3-5-9(6)10(11,12)13/h3-5,7,14H,1-2H3. The van der Waals surface area contributed by atoms with Gasteiger partial charge in [0.1, 0.15) is 0 Å². The highest BCUT2D eigenvalue weighted by atomic mass is 19.4. The highest BCUT2D eigenvalue weighted by molar-refractivity contribution is 5.36. The first-order chi connectivity index (χ1) is 6.34. The van der Waals surface area contributed by atoms with Crippen LogP contribution in [0.2, 0.25) is 0 Å². The summed E-state index contributed by atoms with van der Waals surface area (Å²) in [5.74, 6) is 0. The topological polar surface area (TPSA) is 20.2 Å². The Bertz CT molecular complexity index is 329. The lowest BCUT2D eigenvalue weighted by Gasteiger charge is -2.15. The highest BCUT2D eigenvalue weighted by Gasteiger charge is 2.33. The van der Waals surface area contributed by atoms with E-state index in [1.165, 1.54) is 26.0 Å². The zero-order valence-corrected chi connectivity index (χ0v) is 7.89. The Balaban J connectivity index is 3.28. The van der Waals surface area contributed by atoms with Gasteiger partial charge in [0.05, 0.1) is 11.7 Å². The van der Waals surface area contributed by atoms with E-state index in [2.05, 4.69) is 0 Å². The zero-order chi connectivity index (χ0) is 10.9. The van der Waals surface area contributed by atoms with E-state index in [9.17, 15) is 18.3 Å². The maximum atomic E-state index is 12.4. The molecule has 1 aromatic carbocycles. The van der Waals surface area contributed by atoms with Crippen LogP contribution >= 0.6 is 0 Å². The molecule has 0 spiro atoms. The predicted octanol–water partition coefficient (Wildman–Crippen LogP) is 3.07. The number of aliphatic hydroxyl groups is 1. The molecule has 1 N–H and O–H groups in total. The van der Waals surface area contributed by atoms with Gasteiger partial charge in [-0.1, -0.05) is 12.1 Å². The first-order valence-electron chi connectivity index (χ1n) is 4.19. The molecule has 1 rings (SSSR count). The Morgan fingerprint density at radius 1 is 1.29 bits per heavy atom. The first-order valence-corrected chi connectivity index (χ1v) is 4.19. The van der Waals surface area contributed by atoms with Gasteiger partial charge in [0, 0.05) is 0 Å². The van der Waals surface area contributed by atoms with E-state index in [-0.39, 0.29) is 5.56 Å². The molecule has 0 saturated carbocycles. The minimum atomic E-state index is -4.35. The van der Waals surface area contributed by atoms with Crippen molar-refractivity contribution in [2.75, 3.05) is 0 Å². The normalized spacial score (nSPS) is 14.1. The molecule has 1 atom stereocenters. The molecule has 0 radical (unpaired) electrons. The van der Waals surface area contributed by atoms with Gasteiger partial charge in [-0.25, -0.2) is 0 Å². The summed E-state index contributed by atoms with van der Waals surface area (Å²) in [5.41, 5.74) is -0.272. The molecule has 0 aliphatic heterocycles. The second-order valence-electron chi connectivity index (χ2n) is 3.19. The monoisotopic (exact) mass is 204 g/mol. The number of rotatable bonds is 1. The number of alkyl halides is 3. The van der Waals surface area contributed by atoms with Gasteiger partial charge in [-0.3, -0.25) is 0 Å². The molecule has 0 aliphatic rings. The number of aliphatic hydroxyl groups excluding tert-OH is 1.